The van der Waals surface area contributed by atoms with Gasteiger partial charge in [-0.25, -0.2) is 9.67 Å². The molecule has 1 unspecified atom stereocenters. The van der Waals surface area contributed by atoms with Crippen LogP contribution in [0.5, 0.6) is 0 Å². The van der Waals surface area contributed by atoms with Gasteiger partial charge in [-0.3, -0.25) is 4.74 Å². The second-order valence-electron chi connectivity index (χ2n) is 6.20. The highest BCUT2D eigenvalue weighted by Gasteiger charge is 2.40. The standard InChI is InChI=1S/C15H16ClF3N4O2/c16-12-5-11-10(6-20-12)14(21-23(11)13-3-1-2-4-24-13)22-7-9(8-22)25-15(17,18)19/h5-6,9,13H,1-4,7-8H2. The Hall–Kier alpha value is -1.58. The van der Waals surface area contributed by atoms with Gasteiger partial charge in [0.1, 0.15) is 11.3 Å². The van der Waals surface area contributed by atoms with Crippen molar-refractivity contribution in [2.24, 2.45) is 0 Å². The summed E-state index contributed by atoms with van der Waals surface area (Å²) < 4.78 is 48.5. The molecule has 0 aromatic carbocycles. The molecule has 0 radical (unpaired) electrons. The Morgan fingerprint density at radius 1 is 1.28 bits per heavy atom. The molecule has 0 bridgehead atoms. The molecule has 1 atom stereocenters. The van der Waals surface area contributed by atoms with Gasteiger partial charge in [-0.05, 0) is 19.3 Å². The van der Waals surface area contributed by atoms with E-state index >= 15 is 0 Å². The minimum atomic E-state index is -4.62. The molecule has 2 aromatic rings. The zero-order valence-electron chi connectivity index (χ0n) is 13.2. The molecular formula is C15H16ClF3N4O2. The zero-order valence-corrected chi connectivity index (χ0v) is 13.9. The summed E-state index contributed by atoms with van der Waals surface area (Å²) in [5.41, 5.74) is 0.766. The first kappa shape index (κ1) is 16.9. The summed E-state index contributed by atoms with van der Waals surface area (Å²) in [6.07, 6.45) is -1.24. The lowest BCUT2D eigenvalue weighted by Crippen LogP contribution is -2.54. The number of aromatic nitrogens is 3. The molecule has 0 amide bonds. The minimum Gasteiger partial charge on any atom is -0.356 e. The third-order valence-electron chi connectivity index (χ3n) is 4.42. The number of alkyl halides is 3. The van der Waals surface area contributed by atoms with Gasteiger partial charge >= 0.3 is 6.36 Å². The first-order chi connectivity index (χ1) is 11.9. The number of nitrogens with zero attached hydrogens (tertiary/aromatic N) is 4. The lowest BCUT2D eigenvalue weighted by Gasteiger charge is -2.39. The summed E-state index contributed by atoms with van der Waals surface area (Å²) in [6, 6.07) is 1.70. The van der Waals surface area contributed by atoms with Crippen molar-refractivity contribution >= 4 is 28.3 Å². The predicted octanol–water partition coefficient (Wildman–Crippen LogP) is 3.51. The Labute approximate surface area is 146 Å². The fourth-order valence-electron chi connectivity index (χ4n) is 3.24. The van der Waals surface area contributed by atoms with Crippen LogP contribution in [0.3, 0.4) is 0 Å². The fourth-order valence-corrected chi connectivity index (χ4v) is 3.39. The van der Waals surface area contributed by atoms with Crippen molar-refractivity contribution in [3.8, 4) is 0 Å². The number of hydrogen-bond acceptors (Lipinski definition) is 5. The summed E-state index contributed by atoms with van der Waals surface area (Å²) in [4.78, 5) is 5.82. The van der Waals surface area contributed by atoms with E-state index in [2.05, 4.69) is 14.8 Å². The van der Waals surface area contributed by atoms with Crippen LogP contribution >= 0.6 is 11.6 Å². The molecule has 2 aliphatic heterocycles. The summed E-state index contributed by atoms with van der Waals surface area (Å²) in [5, 5.41) is 5.66. The van der Waals surface area contributed by atoms with Crippen LogP contribution in [-0.4, -0.2) is 46.9 Å². The lowest BCUT2D eigenvalue weighted by atomic mass is 10.1. The maximum Gasteiger partial charge on any atom is 0.522 e. The van der Waals surface area contributed by atoms with E-state index < -0.39 is 12.5 Å². The van der Waals surface area contributed by atoms with Crippen molar-refractivity contribution in [3.05, 3.63) is 17.4 Å². The fraction of sp³-hybridized carbons (Fsp3) is 0.600. The van der Waals surface area contributed by atoms with Crippen molar-refractivity contribution in [1.29, 1.82) is 0 Å². The van der Waals surface area contributed by atoms with Gasteiger partial charge in [0.15, 0.2) is 12.0 Å². The predicted molar refractivity (Wildman–Crippen MR) is 84.5 cm³/mol. The molecule has 4 heterocycles. The van der Waals surface area contributed by atoms with Gasteiger partial charge in [0.25, 0.3) is 0 Å². The van der Waals surface area contributed by atoms with Crippen LogP contribution in [0.2, 0.25) is 5.15 Å². The van der Waals surface area contributed by atoms with Crippen molar-refractivity contribution < 1.29 is 22.6 Å². The Balaban J connectivity index is 1.61. The van der Waals surface area contributed by atoms with Gasteiger partial charge in [-0.2, -0.15) is 5.10 Å². The monoisotopic (exact) mass is 376 g/mol. The third kappa shape index (κ3) is 3.40. The maximum absolute atomic E-state index is 12.3. The van der Waals surface area contributed by atoms with E-state index in [-0.39, 0.29) is 19.3 Å². The molecule has 6 nitrogen and oxygen atoms in total. The van der Waals surface area contributed by atoms with Crippen LogP contribution in [0.4, 0.5) is 19.0 Å². The maximum atomic E-state index is 12.3. The first-order valence-corrected chi connectivity index (χ1v) is 8.43. The van der Waals surface area contributed by atoms with Gasteiger partial charge in [0, 0.05) is 32.0 Å². The number of anilines is 1. The highest BCUT2D eigenvalue weighted by molar-refractivity contribution is 6.30. The second kappa shape index (κ2) is 6.30. The van der Waals surface area contributed by atoms with Gasteiger partial charge in [-0.15, -0.1) is 13.2 Å². The Morgan fingerprint density at radius 3 is 2.76 bits per heavy atom. The van der Waals surface area contributed by atoms with Crippen molar-refractivity contribution in [3.63, 3.8) is 0 Å². The van der Waals surface area contributed by atoms with Gasteiger partial charge in [-0.1, -0.05) is 11.6 Å². The number of pyridine rings is 1. The van der Waals surface area contributed by atoms with E-state index in [4.69, 9.17) is 16.3 Å². The van der Waals surface area contributed by atoms with Crippen molar-refractivity contribution in [2.75, 3.05) is 24.6 Å². The van der Waals surface area contributed by atoms with Crippen LogP contribution < -0.4 is 4.90 Å². The largest absolute Gasteiger partial charge is 0.522 e. The molecule has 0 spiro atoms. The smallest absolute Gasteiger partial charge is 0.356 e. The topological polar surface area (TPSA) is 52.4 Å². The molecule has 2 aromatic heterocycles. The molecule has 2 fully saturated rings. The molecule has 0 saturated carbocycles. The molecule has 0 N–H and O–H groups in total. The number of hydrogen-bond donors (Lipinski definition) is 0. The molecule has 10 heteroatoms. The highest BCUT2D eigenvalue weighted by atomic mass is 35.5. The summed E-state index contributed by atoms with van der Waals surface area (Å²) in [5.74, 6) is 0.579. The first-order valence-electron chi connectivity index (χ1n) is 8.05. The quantitative estimate of drug-likeness (QED) is 0.767. The number of rotatable bonds is 3. The van der Waals surface area contributed by atoms with Crippen molar-refractivity contribution in [2.45, 2.75) is 38.0 Å². The molecule has 0 aliphatic carbocycles. The molecule has 2 saturated heterocycles. The second-order valence-corrected chi connectivity index (χ2v) is 6.59. The Morgan fingerprint density at radius 2 is 2.08 bits per heavy atom. The van der Waals surface area contributed by atoms with E-state index in [1.807, 2.05) is 0 Å². The van der Waals surface area contributed by atoms with Crippen LogP contribution in [0.1, 0.15) is 25.5 Å². The van der Waals surface area contributed by atoms with E-state index in [1.165, 1.54) is 0 Å². The van der Waals surface area contributed by atoms with E-state index in [1.54, 1.807) is 21.8 Å². The van der Waals surface area contributed by atoms with Crippen LogP contribution in [-0.2, 0) is 9.47 Å². The normalized spacial score (nSPS) is 22.4. The van der Waals surface area contributed by atoms with Gasteiger partial charge in [0.2, 0.25) is 0 Å². The van der Waals surface area contributed by atoms with E-state index in [0.29, 0.717) is 17.6 Å². The van der Waals surface area contributed by atoms with E-state index in [0.717, 1.165) is 30.2 Å². The minimum absolute atomic E-state index is 0.125. The van der Waals surface area contributed by atoms with Crippen LogP contribution in [0.15, 0.2) is 12.3 Å². The van der Waals surface area contributed by atoms with Crippen molar-refractivity contribution in [1.82, 2.24) is 14.8 Å². The summed E-state index contributed by atoms with van der Waals surface area (Å²) in [7, 11) is 0. The average Bonchev–Trinajstić information content (AvgIpc) is 2.88. The average molecular weight is 377 g/mol. The Bertz CT molecular complexity index is 770. The van der Waals surface area contributed by atoms with Crippen LogP contribution in [0.25, 0.3) is 10.9 Å². The third-order valence-corrected chi connectivity index (χ3v) is 4.62. The van der Waals surface area contributed by atoms with E-state index in [9.17, 15) is 13.2 Å². The number of halogens is 4. The number of fused-ring (bicyclic) bond motifs is 1. The zero-order chi connectivity index (χ0) is 17.6. The van der Waals surface area contributed by atoms with Crippen LogP contribution in [0, 0.1) is 0 Å². The molecular weight excluding hydrogens is 361 g/mol. The van der Waals surface area contributed by atoms with Gasteiger partial charge in [0.05, 0.1) is 10.9 Å². The SMILES string of the molecule is FC(F)(F)OC1CN(c2nn(C3CCCCO3)c3cc(Cl)ncc23)C1. The summed E-state index contributed by atoms with van der Waals surface area (Å²) in [6.45, 7) is 0.908. The lowest BCUT2D eigenvalue weighted by molar-refractivity contribution is -0.344. The Kier molecular flexibility index (Phi) is 4.25. The molecule has 2 aliphatic rings. The van der Waals surface area contributed by atoms with Gasteiger partial charge < -0.3 is 9.64 Å². The molecule has 136 valence electrons. The number of ether oxygens (including phenoxy) is 2. The molecule has 4 rings (SSSR count). The summed E-state index contributed by atoms with van der Waals surface area (Å²) >= 11 is 6.01. The highest BCUT2D eigenvalue weighted by Crippen LogP contribution is 2.35. The molecule has 25 heavy (non-hydrogen) atoms.